The molecule has 0 amide bonds. The van der Waals surface area contributed by atoms with Crippen molar-refractivity contribution in [1.82, 2.24) is 5.32 Å². The van der Waals surface area contributed by atoms with Gasteiger partial charge in [-0.05, 0) is 12.8 Å². The van der Waals surface area contributed by atoms with Gasteiger partial charge in [-0.25, -0.2) is 0 Å². The number of rotatable bonds is 2. The Labute approximate surface area is 77.6 Å². The van der Waals surface area contributed by atoms with Crippen molar-refractivity contribution in [2.24, 2.45) is 0 Å². The van der Waals surface area contributed by atoms with Crippen LogP contribution in [0.2, 0.25) is 0 Å². The van der Waals surface area contributed by atoms with Crippen LogP contribution in [0, 0.1) is 0 Å². The Balaban J connectivity index is 1.85. The average Bonchev–Trinajstić information content (AvgIpc) is 2.47. The zero-order valence-electron chi connectivity index (χ0n) is 6.90. The third-order valence-corrected chi connectivity index (χ3v) is 3.94. The van der Waals surface area contributed by atoms with E-state index in [0.29, 0.717) is 11.3 Å². The fourth-order valence-electron chi connectivity index (χ4n) is 1.95. The summed E-state index contributed by atoms with van der Waals surface area (Å²) in [6.07, 6.45) is 5.20. The minimum absolute atomic E-state index is 0.0249. The van der Waals surface area contributed by atoms with Gasteiger partial charge < -0.3 is 9.68 Å². The first-order valence-corrected chi connectivity index (χ1v) is 5.37. The van der Waals surface area contributed by atoms with Crippen LogP contribution in [-0.4, -0.2) is 29.6 Å². The highest BCUT2D eigenvalue weighted by atomic mass is 32.2. The van der Waals surface area contributed by atoms with E-state index < -0.39 is 0 Å². The molecular formula is C7H13BNO2S. The highest BCUT2D eigenvalue weighted by molar-refractivity contribution is 8.00. The maximum Gasteiger partial charge on any atom is 0.486 e. The van der Waals surface area contributed by atoms with E-state index in [0.717, 1.165) is 7.69 Å². The van der Waals surface area contributed by atoms with Crippen molar-refractivity contribution in [3.63, 3.8) is 0 Å². The summed E-state index contributed by atoms with van der Waals surface area (Å²) >= 11 is 1.79. The number of nitrogens with one attached hydrogen (secondary N) is 1. The normalized spacial score (nSPS) is 40.9. The Morgan fingerprint density at radius 1 is 1.42 bits per heavy atom. The first-order chi connectivity index (χ1) is 5.90. The van der Waals surface area contributed by atoms with Gasteiger partial charge in [-0.2, -0.15) is 0 Å². The van der Waals surface area contributed by atoms with Crippen LogP contribution in [0.25, 0.3) is 0 Å². The van der Waals surface area contributed by atoms with Crippen LogP contribution < -0.4 is 5.32 Å². The second-order valence-electron chi connectivity index (χ2n) is 3.31. The van der Waals surface area contributed by atoms with Crippen LogP contribution in [0.3, 0.4) is 0 Å². The Kier molecular flexibility index (Phi) is 2.96. The van der Waals surface area contributed by atoms with Crippen molar-refractivity contribution in [2.45, 2.75) is 42.5 Å². The molecule has 1 heterocycles. The highest BCUT2D eigenvalue weighted by Crippen LogP contribution is 2.36. The molecule has 1 saturated carbocycles. The number of hydrogen-bond donors (Lipinski definition) is 2. The van der Waals surface area contributed by atoms with Gasteiger partial charge >= 0.3 is 7.69 Å². The largest absolute Gasteiger partial charge is 0.486 e. The van der Waals surface area contributed by atoms with E-state index in [4.69, 9.17) is 9.68 Å². The van der Waals surface area contributed by atoms with Crippen molar-refractivity contribution in [3.8, 4) is 0 Å². The molecule has 2 aliphatic rings. The average molecular weight is 186 g/mol. The van der Waals surface area contributed by atoms with Crippen molar-refractivity contribution >= 4 is 19.4 Å². The fraction of sp³-hybridized carbons (Fsp3) is 1.00. The third-order valence-electron chi connectivity index (χ3n) is 2.54. The Hall–Kier alpha value is 0.295. The molecule has 2 rings (SSSR count). The van der Waals surface area contributed by atoms with E-state index in [1.54, 1.807) is 11.8 Å². The second kappa shape index (κ2) is 4.00. The quantitative estimate of drug-likeness (QED) is 0.614. The van der Waals surface area contributed by atoms with Crippen molar-refractivity contribution in [2.75, 3.05) is 0 Å². The molecule has 2 fully saturated rings. The van der Waals surface area contributed by atoms with Crippen molar-refractivity contribution < 1.29 is 9.68 Å². The van der Waals surface area contributed by atoms with Gasteiger partial charge in [0.25, 0.3) is 0 Å². The van der Waals surface area contributed by atoms with E-state index >= 15 is 0 Å². The molecule has 1 aliphatic carbocycles. The molecule has 0 spiro atoms. The molecular weight excluding hydrogens is 173 g/mol. The Morgan fingerprint density at radius 2 is 2.25 bits per heavy atom. The second-order valence-corrected chi connectivity index (χ2v) is 4.61. The molecule has 1 aliphatic heterocycles. The van der Waals surface area contributed by atoms with Gasteiger partial charge in [0.1, 0.15) is 5.56 Å². The minimum Gasteiger partial charge on any atom is -0.429 e. The van der Waals surface area contributed by atoms with Crippen LogP contribution in [0.5, 0.6) is 0 Å². The van der Waals surface area contributed by atoms with Gasteiger partial charge in [0.2, 0.25) is 0 Å². The molecule has 0 aromatic rings. The van der Waals surface area contributed by atoms with Crippen LogP contribution in [-0.2, 0) is 4.65 Å². The molecule has 67 valence electrons. The number of thioether (sulfide) groups is 1. The van der Waals surface area contributed by atoms with E-state index in [1.807, 2.05) is 0 Å². The summed E-state index contributed by atoms with van der Waals surface area (Å²) in [6, 6.07) is 0.605. The molecule has 0 aromatic carbocycles. The molecule has 3 nitrogen and oxygen atoms in total. The lowest BCUT2D eigenvalue weighted by Crippen LogP contribution is -2.36. The van der Waals surface area contributed by atoms with Gasteiger partial charge in [-0.1, -0.05) is 12.8 Å². The summed E-state index contributed by atoms with van der Waals surface area (Å²) < 4.78 is 4.98. The SMILES string of the molecule is O[B]OC1NC2CCCCC2S1. The standard InChI is InChI=1S/C7H13BNO2S/c10-8-11-7-9-5-3-1-2-4-6(5)12-7/h5-7,9-10H,1-4H2. The molecule has 12 heavy (non-hydrogen) atoms. The Bertz CT molecular complexity index is 146. The molecule has 1 saturated heterocycles. The van der Waals surface area contributed by atoms with Crippen LogP contribution in [0.15, 0.2) is 0 Å². The van der Waals surface area contributed by atoms with Crippen LogP contribution in [0.4, 0.5) is 0 Å². The zero-order valence-corrected chi connectivity index (χ0v) is 7.72. The summed E-state index contributed by atoms with van der Waals surface area (Å²) in [5.74, 6) is 0. The molecule has 3 atom stereocenters. The highest BCUT2D eigenvalue weighted by Gasteiger charge is 2.35. The van der Waals surface area contributed by atoms with E-state index in [9.17, 15) is 0 Å². The smallest absolute Gasteiger partial charge is 0.429 e. The maximum absolute atomic E-state index is 8.46. The summed E-state index contributed by atoms with van der Waals surface area (Å²) in [5, 5.41) is 12.5. The molecule has 5 heteroatoms. The van der Waals surface area contributed by atoms with Gasteiger partial charge in [-0.15, -0.1) is 11.8 Å². The third kappa shape index (κ3) is 1.79. The van der Waals surface area contributed by atoms with Crippen LogP contribution in [0.1, 0.15) is 25.7 Å². The predicted octanol–water partition coefficient (Wildman–Crippen LogP) is 0.461. The lowest BCUT2D eigenvalue weighted by atomic mass is 9.95. The van der Waals surface area contributed by atoms with Gasteiger partial charge in [0, 0.05) is 11.3 Å². The maximum atomic E-state index is 8.46. The molecule has 2 N–H and O–H groups in total. The monoisotopic (exact) mass is 186 g/mol. The van der Waals surface area contributed by atoms with E-state index in [1.165, 1.54) is 25.7 Å². The Morgan fingerprint density at radius 3 is 3.00 bits per heavy atom. The number of hydrogen-bond acceptors (Lipinski definition) is 4. The molecule has 3 unspecified atom stereocenters. The van der Waals surface area contributed by atoms with Crippen molar-refractivity contribution in [1.29, 1.82) is 0 Å². The predicted molar refractivity (Wildman–Crippen MR) is 49.6 cm³/mol. The van der Waals surface area contributed by atoms with E-state index in [2.05, 4.69) is 5.32 Å². The first kappa shape index (κ1) is 8.87. The molecule has 0 bridgehead atoms. The summed E-state index contributed by atoms with van der Waals surface area (Å²) in [6.45, 7) is 0. The van der Waals surface area contributed by atoms with Crippen molar-refractivity contribution in [3.05, 3.63) is 0 Å². The lowest BCUT2D eigenvalue weighted by Gasteiger charge is -2.22. The first-order valence-electron chi connectivity index (χ1n) is 4.43. The summed E-state index contributed by atoms with van der Waals surface area (Å²) in [5.41, 5.74) is -0.0249. The fourth-order valence-corrected chi connectivity index (χ4v) is 3.34. The van der Waals surface area contributed by atoms with Crippen LogP contribution >= 0.6 is 11.8 Å². The van der Waals surface area contributed by atoms with E-state index in [-0.39, 0.29) is 5.56 Å². The number of fused-ring (bicyclic) bond motifs is 1. The van der Waals surface area contributed by atoms with Gasteiger partial charge in [0.15, 0.2) is 0 Å². The zero-order chi connectivity index (χ0) is 8.39. The van der Waals surface area contributed by atoms with Gasteiger partial charge in [0.05, 0.1) is 0 Å². The van der Waals surface area contributed by atoms with Gasteiger partial charge in [-0.3, -0.25) is 5.32 Å². The lowest BCUT2D eigenvalue weighted by molar-refractivity contribution is 0.214. The molecule has 1 radical (unpaired) electrons. The summed E-state index contributed by atoms with van der Waals surface area (Å²) in [4.78, 5) is 0. The topological polar surface area (TPSA) is 41.5 Å². The summed E-state index contributed by atoms with van der Waals surface area (Å²) in [7, 11) is 0.780. The molecule has 0 aromatic heterocycles. The minimum atomic E-state index is -0.0249.